The van der Waals surface area contributed by atoms with Gasteiger partial charge in [-0.3, -0.25) is 9.10 Å². The zero-order valence-corrected chi connectivity index (χ0v) is 17.9. The summed E-state index contributed by atoms with van der Waals surface area (Å²) in [6, 6.07) is 13.0. The number of rotatable bonds is 9. The van der Waals surface area contributed by atoms with Gasteiger partial charge in [0, 0.05) is 11.6 Å². The molecule has 0 fully saturated rings. The maximum Gasteiger partial charge on any atom is 0.264 e. The monoisotopic (exact) mass is 423 g/mol. The highest BCUT2D eigenvalue weighted by Crippen LogP contribution is 2.26. The van der Waals surface area contributed by atoms with Crippen LogP contribution in [0.4, 0.5) is 5.69 Å². The Labute approximate surface area is 172 Å². The maximum atomic E-state index is 13.2. The minimum absolute atomic E-state index is 0.124. The lowest BCUT2D eigenvalue weighted by atomic mass is 10.2. The highest BCUT2D eigenvalue weighted by Gasteiger charge is 2.27. The van der Waals surface area contributed by atoms with Crippen molar-refractivity contribution in [3.05, 3.63) is 59.1 Å². The summed E-state index contributed by atoms with van der Waals surface area (Å²) in [5, 5.41) is 3.18. The molecule has 28 heavy (non-hydrogen) atoms. The van der Waals surface area contributed by atoms with Gasteiger partial charge >= 0.3 is 0 Å². The molecule has 0 spiro atoms. The molecule has 0 heterocycles. The van der Waals surface area contributed by atoms with Gasteiger partial charge in [0.15, 0.2) is 0 Å². The fourth-order valence-corrected chi connectivity index (χ4v) is 4.19. The van der Waals surface area contributed by atoms with Crippen molar-refractivity contribution >= 4 is 33.2 Å². The molecule has 1 amide bonds. The van der Waals surface area contributed by atoms with Crippen LogP contribution in [-0.4, -0.2) is 53.0 Å². The van der Waals surface area contributed by atoms with Crippen LogP contribution >= 0.6 is 11.6 Å². The van der Waals surface area contributed by atoms with Gasteiger partial charge in [-0.2, -0.15) is 0 Å². The third-order valence-electron chi connectivity index (χ3n) is 4.10. The van der Waals surface area contributed by atoms with Crippen molar-refractivity contribution < 1.29 is 13.2 Å². The highest BCUT2D eigenvalue weighted by atomic mass is 35.5. The van der Waals surface area contributed by atoms with E-state index in [1.54, 1.807) is 30.3 Å². The van der Waals surface area contributed by atoms with E-state index in [2.05, 4.69) is 5.32 Å². The predicted octanol–water partition coefficient (Wildman–Crippen LogP) is 2.91. The molecule has 0 radical (unpaired) electrons. The van der Waals surface area contributed by atoms with E-state index in [1.807, 2.05) is 25.9 Å². The van der Waals surface area contributed by atoms with Gasteiger partial charge in [0.2, 0.25) is 5.91 Å². The van der Waals surface area contributed by atoms with Gasteiger partial charge in [0.25, 0.3) is 10.0 Å². The Morgan fingerprint density at radius 1 is 1.11 bits per heavy atom. The van der Waals surface area contributed by atoms with Crippen molar-refractivity contribution in [2.45, 2.75) is 18.2 Å². The topological polar surface area (TPSA) is 69.7 Å². The summed E-state index contributed by atoms with van der Waals surface area (Å²) in [5.74, 6) is -0.366. The van der Waals surface area contributed by atoms with Crippen molar-refractivity contribution in [3.63, 3.8) is 0 Å². The number of sulfonamides is 1. The molecule has 0 saturated carbocycles. The first kappa shape index (κ1) is 22.2. The second-order valence-corrected chi connectivity index (χ2v) is 9.11. The van der Waals surface area contributed by atoms with Gasteiger partial charge < -0.3 is 10.2 Å². The van der Waals surface area contributed by atoms with E-state index in [9.17, 15) is 13.2 Å². The minimum atomic E-state index is -3.92. The van der Waals surface area contributed by atoms with Crippen LogP contribution in [0, 0.1) is 6.92 Å². The summed E-state index contributed by atoms with van der Waals surface area (Å²) in [6.07, 6.45) is 0.778. The molecule has 0 aliphatic carbocycles. The van der Waals surface area contributed by atoms with Crippen LogP contribution in [0.25, 0.3) is 0 Å². The summed E-state index contributed by atoms with van der Waals surface area (Å²) in [6.45, 7) is 2.87. The molecule has 152 valence electrons. The number of halogens is 1. The Hall–Kier alpha value is -2.09. The number of benzene rings is 2. The Morgan fingerprint density at radius 3 is 2.39 bits per heavy atom. The van der Waals surface area contributed by atoms with Crippen LogP contribution in [0.2, 0.25) is 5.02 Å². The van der Waals surface area contributed by atoms with Gasteiger partial charge in [-0.25, -0.2) is 8.42 Å². The average molecular weight is 424 g/mol. The first-order valence-electron chi connectivity index (χ1n) is 8.96. The standard InChI is InChI=1S/C20H26ClN3O3S/c1-16-8-10-19(11-9-16)28(26,27)24(18-7-4-6-17(21)14-18)15-20(25)22-12-5-13-23(2)3/h4,6-11,14H,5,12-13,15H2,1-3H3,(H,22,25). The van der Waals surface area contributed by atoms with Gasteiger partial charge in [-0.05, 0) is 64.3 Å². The maximum absolute atomic E-state index is 13.2. The van der Waals surface area contributed by atoms with E-state index in [1.165, 1.54) is 18.2 Å². The van der Waals surface area contributed by atoms with Gasteiger partial charge in [-0.1, -0.05) is 35.4 Å². The summed E-state index contributed by atoms with van der Waals surface area (Å²) >= 11 is 6.05. The number of hydrogen-bond donors (Lipinski definition) is 1. The number of amides is 1. The number of nitrogens with one attached hydrogen (secondary N) is 1. The lowest BCUT2D eigenvalue weighted by Gasteiger charge is -2.24. The first-order chi connectivity index (χ1) is 13.2. The van der Waals surface area contributed by atoms with E-state index in [0.717, 1.165) is 22.8 Å². The number of carbonyl (C=O) groups excluding carboxylic acids is 1. The molecule has 2 rings (SSSR count). The van der Waals surface area contributed by atoms with Crippen molar-refractivity contribution in [2.75, 3.05) is 38.0 Å². The first-order valence-corrected chi connectivity index (χ1v) is 10.8. The molecule has 2 aromatic carbocycles. The zero-order chi connectivity index (χ0) is 20.7. The molecule has 0 unspecified atom stereocenters. The van der Waals surface area contributed by atoms with E-state index in [-0.39, 0.29) is 17.3 Å². The van der Waals surface area contributed by atoms with Crippen LogP contribution < -0.4 is 9.62 Å². The SMILES string of the molecule is Cc1ccc(S(=O)(=O)N(CC(=O)NCCCN(C)C)c2cccc(Cl)c2)cc1. The largest absolute Gasteiger partial charge is 0.354 e. The summed E-state index contributed by atoms with van der Waals surface area (Å²) < 4.78 is 27.5. The number of carbonyl (C=O) groups is 1. The predicted molar refractivity (Wildman–Crippen MR) is 113 cm³/mol. The summed E-state index contributed by atoms with van der Waals surface area (Å²) in [4.78, 5) is 14.6. The second-order valence-electron chi connectivity index (χ2n) is 6.81. The Balaban J connectivity index is 2.25. The molecule has 0 atom stereocenters. The van der Waals surface area contributed by atoms with Crippen molar-refractivity contribution in [3.8, 4) is 0 Å². The molecule has 8 heteroatoms. The van der Waals surface area contributed by atoms with Crippen molar-refractivity contribution in [1.29, 1.82) is 0 Å². The van der Waals surface area contributed by atoms with Gasteiger partial charge in [0.05, 0.1) is 10.6 Å². The van der Waals surface area contributed by atoms with Crippen molar-refractivity contribution in [1.82, 2.24) is 10.2 Å². The highest BCUT2D eigenvalue weighted by molar-refractivity contribution is 7.92. The number of aryl methyl sites for hydroxylation is 1. The molecule has 0 aromatic heterocycles. The molecule has 2 aromatic rings. The normalized spacial score (nSPS) is 11.5. The Bertz CT molecular complexity index is 899. The molecular formula is C20H26ClN3O3S. The Kier molecular flexibility index (Phi) is 7.86. The fourth-order valence-electron chi connectivity index (χ4n) is 2.59. The zero-order valence-electron chi connectivity index (χ0n) is 16.4. The number of nitrogens with zero attached hydrogens (tertiary/aromatic N) is 2. The van der Waals surface area contributed by atoms with Crippen LogP contribution in [0.5, 0.6) is 0 Å². The number of hydrogen-bond acceptors (Lipinski definition) is 4. The molecule has 6 nitrogen and oxygen atoms in total. The van der Waals surface area contributed by atoms with Gasteiger partial charge in [-0.15, -0.1) is 0 Å². The fraction of sp³-hybridized carbons (Fsp3) is 0.350. The Morgan fingerprint density at radius 2 is 1.79 bits per heavy atom. The molecular weight excluding hydrogens is 398 g/mol. The van der Waals surface area contributed by atoms with Crippen molar-refractivity contribution in [2.24, 2.45) is 0 Å². The quantitative estimate of drug-likeness (QED) is 0.629. The molecule has 0 bridgehead atoms. The molecule has 0 aliphatic heterocycles. The molecule has 1 N–H and O–H groups in total. The average Bonchev–Trinajstić information content (AvgIpc) is 2.63. The van der Waals surface area contributed by atoms with Gasteiger partial charge in [0.1, 0.15) is 6.54 Å². The molecule has 0 aliphatic rings. The third-order valence-corrected chi connectivity index (χ3v) is 6.12. The lowest BCUT2D eigenvalue weighted by molar-refractivity contribution is -0.119. The van der Waals surface area contributed by atoms with E-state index in [0.29, 0.717) is 17.3 Å². The van der Waals surface area contributed by atoms with E-state index >= 15 is 0 Å². The lowest BCUT2D eigenvalue weighted by Crippen LogP contribution is -2.41. The van der Waals surface area contributed by atoms with Crippen LogP contribution in [0.1, 0.15) is 12.0 Å². The number of anilines is 1. The van der Waals surface area contributed by atoms with Crippen LogP contribution in [0.3, 0.4) is 0 Å². The minimum Gasteiger partial charge on any atom is -0.354 e. The van der Waals surface area contributed by atoms with Crippen LogP contribution in [0.15, 0.2) is 53.4 Å². The summed E-state index contributed by atoms with van der Waals surface area (Å²) in [7, 11) is -0.0107. The molecule has 0 saturated heterocycles. The van der Waals surface area contributed by atoms with Crippen LogP contribution in [-0.2, 0) is 14.8 Å². The third kappa shape index (κ3) is 6.22. The van der Waals surface area contributed by atoms with E-state index in [4.69, 9.17) is 11.6 Å². The summed E-state index contributed by atoms with van der Waals surface area (Å²) in [5.41, 5.74) is 1.29. The van der Waals surface area contributed by atoms with E-state index < -0.39 is 10.0 Å². The smallest absolute Gasteiger partial charge is 0.264 e. The second kappa shape index (κ2) is 9.91.